The molecule has 4 heteroatoms. The van der Waals surface area contributed by atoms with Gasteiger partial charge in [-0.25, -0.2) is 4.98 Å². The van der Waals surface area contributed by atoms with Crippen LogP contribution < -0.4 is 5.32 Å². The Morgan fingerprint density at radius 3 is 2.95 bits per heavy atom. The first-order valence-electron chi connectivity index (χ1n) is 7.30. The van der Waals surface area contributed by atoms with E-state index in [1.165, 1.54) is 18.4 Å². The van der Waals surface area contributed by atoms with Gasteiger partial charge in [0.2, 0.25) is 0 Å². The van der Waals surface area contributed by atoms with E-state index in [9.17, 15) is 0 Å². The van der Waals surface area contributed by atoms with Gasteiger partial charge in [0.05, 0.1) is 12.8 Å². The SMILES string of the molecule is CCNc1cc(CN(Cc2ccco2)C2CC2)ccn1. The fourth-order valence-electron chi connectivity index (χ4n) is 2.44. The van der Waals surface area contributed by atoms with Gasteiger partial charge >= 0.3 is 0 Å². The summed E-state index contributed by atoms with van der Waals surface area (Å²) in [5.41, 5.74) is 1.30. The normalized spacial score (nSPS) is 14.7. The fourth-order valence-corrected chi connectivity index (χ4v) is 2.44. The molecule has 20 heavy (non-hydrogen) atoms. The van der Waals surface area contributed by atoms with Crippen molar-refractivity contribution < 1.29 is 4.42 Å². The van der Waals surface area contributed by atoms with Gasteiger partial charge < -0.3 is 9.73 Å². The topological polar surface area (TPSA) is 41.3 Å². The summed E-state index contributed by atoms with van der Waals surface area (Å²) in [6.07, 6.45) is 6.22. The maximum Gasteiger partial charge on any atom is 0.126 e. The predicted molar refractivity (Wildman–Crippen MR) is 79.4 cm³/mol. The molecule has 0 amide bonds. The first-order valence-corrected chi connectivity index (χ1v) is 7.30. The Morgan fingerprint density at radius 1 is 1.35 bits per heavy atom. The highest BCUT2D eigenvalue weighted by Gasteiger charge is 2.29. The minimum Gasteiger partial charge on any atom is -0.468 e. The first kappa shape index (κ1) is 13.2. The molecule has 106 valence electrons. The average Bonchev–Trinajstić information content (AvgIpc) is 3.18. The first-order chi connectivity index (χ1) is 9.85. The molecule has 0 bridgehead atoms. The maximum atomic E-state index is 5.48. The van der Waals surface area contributed by atoms with E-state index in [0.717, 1.165) is 31.2 Å². The van der Waals surface area contributed by atoms with Crippen LogP contribution >= 0.6 is 0 Å². The summed E-state index contributed by atoms with van der Waals surface area (Å²) < 4.78 is 5.48. The van der Waals surface area contributed by atoms with Crippen LogP contribution in [0.15, 0.2) is 41.1 Å². The monoisotopic (exact) mass is 271 g/mol. The number of hydrogen-bond acceptors (Lipinski definition) is 4. The minimum atomic E-state index is 0.704. The Balaban J connectivity index is 1.68. The lowest BCUT2D eigenvalue weighted by Crippen LogP contribution is -2.24. The number of nitrogens with zero attached hydrogens (tertiary/aromatic N) is 2. The van der Waals surface area contributed by atoms with Crippen LogP contribution in [0.3, 0.4) is 0 Å². The van der Waals surface area contributed by atoms with E-state index >= 15 is 0 Å². The zero-order valence-electron chi connectivity index (χ0n) is 11.9. The van der Waals surface area contributed by atoms with Crippen LogP contribution in [0.1, 0.15) is 31.1 Å². The maximum absolute atomic E-state index is 5.48. The largest absolute Gasteiger partial charge is 0.468 e. The Hall–Kier alpha value is -1.81. The summed E-state index contributed by atoms with van der Waals surface area (Å²) in [5.74, 6) is 2.00. The van der Waals surface area contributed by atoms with Crippen molar-refractivity contribution in [2.24, 2.45) is 0 Å². The number of anilines is 1. The third-order valence-corrected chi connectivity index (χ3v) is 3.57. The van der Waals surface area contributed by atoms with Gasteiger partial charge in [0.15, 0.2) is 0 Å². The van der Waals surface area contributed by atoms with Crippen molar-refractivity contribution in [1.82, 2.24) is 9.88 Å². The molecule has 0 atom stereocenters. The van der Waals surface area contributed by atoms with Gasteiger partial charge in [-0.15, -0.1) is 0 Å². The Morgan fingerprint density at radius 2 is 2.25 bits per heavy atom. The molecule has 0 unspecified atom stereocenters. The molecule has 0 spiro atoms. The number of aromatic nitrogens is 1. The zero-order chi connectivity index (χ0) is 13.8. The second kappa shape index (κ2) is 6.09. The zero-order valence-corrected chi connectivity index (χ0v) is 11.9. The molecule has 1 aliphatic carbocycles. The van der Waals surface area contributed by atoms with E-state index in [2.05, 4.69) is 34.3 Å². The van der Waals surface area contributed by atoms with Crippen LogP contribution in [0.2, 0.25) is 0 Å². The molecular weight excluding hydrogens is 250 g/mol. The molecule has 0 radical (unpaired) electrons. The van der Waals surface area contributed by atoms with Gasteiger partial charge in [0.25, 0.3) is 0 Å². The van der Waals surface area contributed by atoms with Crippen molar-refractivity contribution in [2.45, 2.75) is 38.9 Å². The summed E-state index contributed by atoms with van der Waals surface area (Å²) in [4.78, 5) is 6.81. The Bertz CT molecular complexity index is 534. The number of hydrogen-bond donors (Lipinski definition) is 1. The average molecular weight is 271 g/mol. The van der Waals surface area contributed by atoms with Gasteiger partial charge in [-0.2, -0.15) is 0 Å². The van der Waals surface area contributed by atoms with Gasteiger partial charge in [-0.05, 0) is 49.6 Å². The molecule has 3 rings (SSSR count). The summed E-state index contributed by atoms with van der Waals surface area (Å²) in [6.45, 7) is 4.82. The predicted octanol–water partition coefficient (Wildman–Crippen LogP) is 3.27. The van der Waals surface area contributed by atoms with Crippen LogP contribution in [-0.2, 0) is 13.1 Å². The fraction of sp³-hybridized carbons (Fsp3) is 0.438. The third-order valence-electron chi connectivity index (χ3n) is 3.57. The van der Waals surface area contributed by atoms with E-state index in [1.54, 1.807) is 6.26 Å². The number of pyridine rings is 1. The van der Waals surface area contributed by atoms with Crippen molar-refractivity contribution in [2.75, 3.05) is 11.9 Å². The van der Waals surface area contributed by atoms with E-state index in [1.807, 2.05) is 18.3 Å². The number of nitrogens with one attached hydrogen (secondary N) is 1. The lowest BCUT2D eigenvalue weighted by molar-refractivity contribution is 0.225. The molecule has 1 fully saturated rings. The van der Waals surface area contributed by atoms with E-state index < -0.39 is 0 Å². The van der Waals surface area contributed by atoms with E-state index in [-0.39, 0.29) is 0 Å². The van der Waals surface area contributed by atoms with Crippen LogP contribution in [0.25, 0.3) is 0 Å². The Kier molecular flexibility index (Phi) is 4.02. The summed E-state index contributed by atoms with van der Waals surface area (Å²) in [5, 5.41) is 3.26. The molecule has 1 aliphatic rings. The highest BCUT2D eigenvalue weighted by atomic mass is 16.3. The number of furan rings is 1. The molecule has 0 aromatic carbocycles. The lowest BCUT2D eigenvalue weighted by Gasteiger charge is -2.21. The molecular formula is C16H21N3O. The van der Waals surface area contributed by atoms with Gasteiger partial charge in [0.1, 0.15) is 11.6 Å². The van der Waals surface area contributed by atoms with Crippen LogP contribution in [0, 0.1) is 0 Å². The second-order valence-corrected chi connectivity index (χ2v) is 5.30. The van der Waals surface area contributed by atoms with Gasteiger partial charge in [0, 0.05) is 25.3 Å². The van der Waals surface area contributed by atoms with Crippen molar-refractivity contribution in [3.05, 3.63) is 48.0 Å². The van der Waals surface area contributed by atoms with Crippen molar-refractivity contribution in [3.8, 4) is 0 Å². The molecule has 1 N–H and O–H groups in total. The smallest absolute Gasteiger partial charge is 0.126 e. The number of rotatable bonds is 7. The van der Waals surface area contributed by atoms with Gasteiger partial charge in [-0.1, -0.05) is 0 Å². The standard InChI is InChI=1S/C16H21N3O/c1-2-17-16-10-13(7-8-18-16)11-19(14-5-6-14)12-15-4-3-9-20-15/h3-4,7-10,14H,2,5-6,11-12H2,1H3,(H,17,18). The van der Waals surface area contributed by atoms with E-state index in [4.69, 9.17) is 4.42 Å². The minimum absolute atomic E-state index is 0.704. The second-order valence-electron chi connectivity index (χ2n) is 5.30. The van der Waals surface area contributed by atoms with Gasteiger partial charge in [-0.3, -0.25) is 4.90 Å². The van der Waals surface area contributed by atoms with Crippen molar-refractivity contribution >= 4 is 5.82 Å². The quantitative estimate of drug-likeness (QED) is 0.839. The molecule has 2 aromatic rings. The summed E-state index contributed by atoms with van der Waals surface area (Å²) in [7, 11) is 0. The molecule has 2 aromatic heterocycles. The highest BCUT2D eigenvalue weighted by Crippen LogP contribution is 2.30. The molecule has 0 aliphatic heterocycles. The molecule has 4 nitrogen and oxygen atoms in total. The highest BCUT2D eigenvalue weighted by molar-refractivity contribution is 5.37. The third kappa shape index (κ3) is 3.39. The summed E-state index contributed by atoms with van der Waals surface area (Å²) in [6, 6.07) is 8.94. The summed E-state index contributed by atoms with van der Waals surface area (Å²) >= 11 is 0. The molecule has 0 saturated heterocycles. The van der Waals surface area contributed by atoms with Crippen LogP contribution in [0.4, 0.5) is 5.82 Å². The van der Waals surface area contributed by atoms with Crippen molar-refractivity contribution in [1.29, 1.82) is 0 Å². The lowest BCUT2D eigenvalue weighted by atomic mass is 10.2. The molecule has 1 saturated carbocycles. The van der Waals surface area contributed by atoms with Crippen molar-refractivity contribution in [3.63, 3.8) is 0 Å². The Labute approximate surface area is 119 Å². The van der Waals surface area contributed by atoms with Crippen LogP contribution in [-0.4, -0.2) is 22.5 Å². The molecule has 2 heterocycles. The van der Waals surface area contributed by atoms with E-state index in [0.29, 0.717) is 6.04 Å². The van der Waals surface area contributed by atoms with Crippen LogP contribution in [0.5, 0.6) is 0 Å².